The molecule has 0 saturated carbocycles. The molecule has 0 aliphatic carbocycles. The van der Waals surface area contributed by atoms with Gasteiger partial charge in [0.15, 0.2) is 5.78 Å². The molecule has 2 heteroatoms. The van der Waals surface area contributed by atoms with Crippen LogP contribution in [0.2, 0.25) is 0 Å². The van der Waals surface area contributed by atoms with Crippen molar-refractivity contribution in [2.45, 2.75) is 13.3 Å². The van der Waals surface area contributed by atoms with Gasteiger partial charge < -0.3 is 0 Å². The van der Waals surface area contributed by atoms with E-state index in [1.54, 1.807) is 17.4 Å². The van der Waals surface area contributed by atoms with Crippen LogP contribution < -0.4 is 0 Å². The van der Waals surface area contributed by atoms with Gasteiger partial charge in [0.25, 0.3) is 0 Å². The van der Waals surface area contributed by atoms with Crippen LogP contribution in [0.3, 0.4) is 0 Å². The van der Waals surface area contributed by atoms with E-state index in [1.807, 2.05) is 42.6 Å². The normalized spacial score (nSPS) is 11.3. The van der Waals surface area contributed by atoms with E-state index in [4.69, 9.17) is 0 Å². The first kappa shape index (κ1) is 10.1. The van der Waals surface area contributed by atoms with Crippen LogP contribution in [0.15, 0.2) is 41.8 Å². The van der Waals surface area contributed by atoms with Crippen molar-refractivity contribution in [1.82, 2.24) is 0 Å². The number of carbonyl (C=O) groups is 1. The van der Waals surface area contributed by atoms with E-state index in [0.717, 1.165) is 22.1 Å². The topological polar surface area (TPSA) is 17.1 Å². The molecule has 0 aliphatic rings. The SMILES string of the molecule is CC/C=C/C(=O)c1cccc2ccsc12. The standard InChI is InChI=1S/C13H12OS/c1-2-3-7-12(14)11-6-4-5-10-8-9-15-13(10)11/h3-9H,2H2,1H3/b7-3+. The first-order chi connectivity index (χ1) is 7.33. The van der Waals surface area contributed by atoms with Gasteiger partial charge in [0.1, 0.15) is 0 Å². The van der Waals surface area contributed by atoms with E-state index >= 15 is 0 Å². The fourth-order valence-electron chi connectivity index (χ4n) is 1.50. The third kappa shape index (κ3) is 2.00. The molecule has 0 amide bonds. The molecule has 0 spiro atoms. The quantitative estimate of drug-likeness (QED) is 0.558. The summed E-state index contributed by atoms with van der Waals surface area (Å²) in [6.07, 6.45) is 4.45. The molecule has 1 aromatic heterocycles. The molecule has 0 unspecified atom stereocenters. The smallest absolute Gasteiger partial charge is 0.186 e. The Morgan fingerprint density at radius 2 is 2.27 bits per heavy atom. The predicted molar refractivity (Wildman–Crippen MR) is 65.6 cm³/mol. The number of thiophene rings is 1. The van der Waals surface area contributed by atoms with Crippen molar-refractivity contribution in [2.24, 2.45) is 0 Å². The highest BCUT2D eigenvalue weighted by Crippen LogP contribution is 2.25. The Morgan fingerprint density at radius 3 is 3.07 bits per heavy atom. The fraction of sp³-hybridized carbons (Fsp3) is 0.154. The van der Waals surface area contributed by atoms with Gasteiger partial charge >= 0.3 is 0 Å². The molecular formula is C13H12OS. The van der Waals surface area contributed by atoms with E-state index in [-0.39, 0.29) is 5.78 Å². The molecule has 15 heavy (non-hydrogen) atoms. The van der Waals surface area contributed by atoms with E-state index in [2.05, 4.69) is 0 Å². The Labute approximate surface area is 93.1 Å². The maximum atomic E-state index is 11.8. The summed E-state index contributed by atoms with van der Waals surface area (Å²) in [4.78, 5) is 11.8. The minimum atomic E-state index is 0.102. The number of hydrogen-bond acceptors (Lipinski definition) is 2. The molecule has 76 valence electrons. The summed E-state index contributed by atoms with van der Waals surface area (Å²) >= 11 is 1.62. The molecule has 2 rings (SSSR count). The summed E-state index contributed by atoms with van der Waals surface area (Å²) in [5.74, 6) is 0.102. The Bertz CT molecular complexity index is 508. The van der Waals surface area contributed by atoms with Crippen molar-refractivity contribution in [3.05, 3.63) is 47.4 Å². The van der Waals surface area contributed by atoms with Crippen LogP contribution in [0.25, 0.3) is 10.1 Å². The summed E-state index contributed by atoms with van der Waals surface area (Å²) in [5, 5.41) is 3.17. The molecule has 0 N–H and O–H groups in total. The third-order valence-corrected chi connectivity index (χ3v) is 3.21. The van der Waals surface area contributed by atoms with Gasteiger partial charge in [-0.1, -0.05) is 25.1 Å². The molecule has 0 saturated heterocycles. The van der Waals surface area contributed by atoms with Crippen LogP contribution in [-0.4, -0.2) is 5.78 Å². The molecular weight excluding hydrogens is 204 g/mol. The van der Waals surface area contributed by atoms with Gasteiger partial charge in [0, 0.05) is 10.3 Å². The highest BCUT2D eigenvalue weighted by Gasteiger charge is 2.07. The number of carbonyl (C=O) groups excluding carboxylic acids is 1. The molecule has 1 aromatic carbocycles. The molecule has 0 atom stereocenters. The van der Waals surface area contributed by atoms with Gasteiger partial charge in [-0.05, 0) is 35.4 Å². The summed E-state index contributed by atoms with van der Waals surface area (Å²) in [6, 6.07) is 7.90. The van der Waals surface area contributed by atoms with Gasteiger partial charge in [0.2, 0.25) is 0 Å². The molecule has 0 radical (unpaired) electrons. The Balaban J connectivity index is 2.47. The van der Waals surface area contributed by atoms with Crippen LogP contribution in [0.5, 0.6) is 0 Å². The number of fused-ring (bicyclic) bond motifs is 1. The second-order valence-corrected chi connectivity index (χ2v) is 4.24. The first-order valence-corrected chi connectivity index (χ1v) is 5.88. The average Bonchev–Trinajstić information content (AvgIpc) is 2.73. The Hall–Kier alpha value is -1.41. The van der Waals surface area contributed by atoms with Crippen molar-refractivity contribution in [1.29, 1.82) is 0 Å². The zero-order valence-corrected chi connectivity index (χ0v) is 9.38. The van der Waals surface area contributed by atoms with Gasteiger partial charge in [-0.3, -0.25) is 4.79 Å². The van der Waals surface area contributed by atoms with E-state index < -0.39 is 0 Å². The monoisotopic (exact) mass is 216 g/mol. The number of benzene rings is 1. The molecule has 0 bridgehead atoms. The molecule has 0 aliphatic heterocycles. The highest BCUT2D eigenvalue weighted by atomic mass is 32.1. The lowest BCUT2D eigenvalue weighted by Gasteiger charge is -1.97. The van der Waals surface area contributed by atoms with Crippen molar-refractivity contribution < 1.29 is 4.79 Å². The summed E-state index contributed by atoms with van der Waals surface area (Å²) in [7, 11) is 0. The highest BCUT2D eigenvalue weighted by molar-refractivity contribution is 7.17. The number of allylic oxidation sites excluding steroid dienone is 2. The minimum absolute atomic E-state index is 0.102. The average molecular weight is 216 g/mol. The van der Waals surface area contributed by atoms with Crippen LogP contribution in [0.1, 0.15) is 23.7 Å². The van der Waals surface area contributed by atoms with Gasteiger partial charge in [-0.25, -0.2) is 0 Å². The Kier molecular flexibility index (Phi) is 2.97. The molecule has 1 nitrogen and oxygen atoms in total. The predicted octanol–water partition coefficient (Wildman–Crippen LogP) is 4.05. The second kappa shape index (κ2) is 4.41. The van der Waals surface area contributed by atoms with Gasteiger partial charge in [0.05, 0.1) is 0 Å². The second-order valence-electron chi connectivity index (χ2n) is 3.32. The summed E-state index contributed by atoms with van der Waals surface area (Å²) in [6.45, 7) is 2.02. The van der Waals surface area contributed by atoms with Crippen LogP contribution in [0.4, 0.5) is 0 Å². The van der Waals surface area contributed by atoms with Crippen molar-refractivity contribution in [3.8, 4) is 0 Å². The minimum Gasteiger partial charge on any atom is -0.289 e. The molecule has 2 aromatic rings. The molecule has 1 heterocycles. The van der Waals surface area contributed by atoms with Crippen molar-refractivity contribution in [3.63, 3.8) is 0 Å². The fourth-order valence-corrected chi connectivity index (χ4v) is 2.42. The zero-order valence-electron chi connectivity index (χ0n) is 8.57. The molecule has 0 fully saturated rings. The number of ketones is 1. The summed E-state index contributed by atoms with van der Waals surface area (Å²) < 4.78 is 1.09. The van der Waals surface area contributed by atoms with Gasteiger partial charge in [-0.15, -0.1) is 11.3 Å². The van der Waals surface area contributed by atoms with Crippen LogP contribution in [0, 0.1) is 0 Å². The van der Waals surface area contributed by atoms with Crippen molar-refractivity contribution in [2.75, 3.05) is 0 Å². The number of rotatable bonds is 3. The summed E-state index contributed by atoms with van der Waals surface area (Å²) in [5.41, 5.74) is 0.812. The maximum absolute atomic E-state index is 11.8. The van der Waals surface area contributed by atoms with Crippen LogP contribution >= 0.6 is 11.3 Å². The van der Waals surface area contributed by atoms with E-state index in [9.17, 15) is 4.79 Å². The van der Waals surface area contributed by atoms with E-state index in [0.29, 0.717) is 0 Å². The maximum Gasteiger partial charge on any atom is 0.186 e. The largest absolute Gasteiger partial charge is 0.289 e. The lowest BCUT2D eigenvalue weighted by molar-refractivity contribution is 0.104. The lowest BCUT2D eigenvalue weighted by Crippen LogP contribution is -1.93. The lowest BCUT2D eigenvalue weighted by atomic mass is 10.1. The van der Waals surface area contributed by atoms with E-state index in [1.165, 1.54) is 0 Å². The van der Waals surface area contributed by atoms with Crippen LogP contribution in [-0.2, 0) is 0 Å². The first-order valence-electron chi connectivity index (χ1n) is 5.00. The van der Waals surface area contributed by atoms with Crippen molar-refractivity contribution >= 4 is 27.2 Å². The number of hydrogen-bond donors (Lipinski definition) is 0. The Morgan fingerprint density at radius 1 is 1.40 bits per heavy atom. The van der Waals surface area contributed by atoms with Gasteiger partial charge in [-0.2, -0.15) is 0 Å². The zero-order chi connectivity index (χ0) is 10.7. The third-order valence-electron chi connectivity index (χ3n) is 2.25.